The number of hydrogen-bond donors (Lipinski definition) is 0. The molecule has 1 aromatic rings. The highest BCUT2D eigenvalue weighted by Crippen LogP contribution is 2.48. The molecule has 3 rings (SSSR count). The van der Waals surface area contributed by atoms with Gasteiger partial charge in [-0.05, 0) is 48.6 Å². The van der Waals surface area contributed by atoms with Gasteiger partial charge in [-0.2, -0.15) is 0 Å². The molecule has 0 aliphatic heterocycles. The Bertz CT molecular complexity index is 549. The lowest BCUT2D eigenvalue weighted by molar-refractivity contribution is -0.384. The molecule has 2 saturated carbocycles. The van der Waals surface area contributed by atoms with Crippen LogP contribution in [0, 0.1) is 27.9 Å². The lowest BCUT2D eigenvalue weighted by Gasteiger charge is -2.28. The predicted molar refractivity (Wildman–Crippen MR) is 87.9 cm³/mol. The predicted octanol–water partition coefficient (Wildman–Crippen LogP) is 4.36. The Hall–Kier alpha value is -1.10. The fourth-order valence-corrected chi connectivity index (χ4v) is 4.52. The molecular formula is C16H21BrN2O2. The van der Waals surface area contributed by atoms with Crippen LogP contribution in [0.4, 0.5) is 11.4 Å². The Morgan fingerprint density at radius 2 is 2.19 bits per heavy atom. The second-order valence-electron chi connectivity index (χ2n) is 6.53. The summed E-state index contributed by atoms with van der Waals surface area (Å²) in [4.78, 5) is 13.1. The molecule has 2 aliphatic rings. The average molecular weight is 353 g/mol. The zero-order valence-electron chi connectivity index (χ0n) is 12.3. The number of hydrogen-bond acceptors (Lipinski definition) is 3. The Kier molecular flexibility index (Phi) is 4.20. The van der Waals surface area contributed by atoms with Gasteiger partial charge in [0, 0.05) is 25.0 Å². The zero-order chi connectivity index (χ0) is 15.0. The summed E-state index contributed by atoms with van der Waals surface area (Å²) in [5.41, 5.74) is 1.91. The Morgan fingerprint density at radius 3 is 2.76 bits per heavy atom. The first kappa shape index (κ1) is 14.8. The molecule has 1 aromatic carbocycles. The average Bonchev–Trinajstić information content (AvgIpc) is 3.09. The number of fused-ring (bicyclic) bond motifs is 2. The van der Waals surface area contributed by atoms with Crippen molar-refractivity contribution in [3.63, 3.8) is 0 Å². The number of rotatable bonds is 5. The fraction of sp³-hybridized carbons (Fsp3) is 0.625. The monoisotopic (exact) mass is 352 g/mol. The number of alkyl halides is 1. The van der Waals surface area contributed by atoms with Gasteiger partial charge >= 0.3 is 0 Å². The summed E-state index contributed by atoms with van der Waals surface area (Å²) >= 11 is 3.36. The summed E-state index contributed by atoms with van der Waals surface area (Å²) in [6, 6.07) is 5.54. The van der Waals surface area contributed by atoms with Crippen LogP contribution in [0.5, 0.6) is 0 Å². The van der Waals surface area contributed by atoms with E-state index in [1.165, 1.54) is 25.7 Å². The van der Waals surface area contributed by atoms with E-state index in [2.05, 4.69) is 20.8 Å². The van der Waals surface area contributed by atoms with Crippen molar-refractivity contribution in [1.29, 1.82) is 0 Å². The van der Waals surface area contributed by atoms with Crippen LogP contribution >= 0.6 is 15.9 Å². The molecule has 0 radical (unpaired) electrons. The molecule has 5 heteroatoms. The van der Waals surface area contributed by atoms with E-state index < -0.39 is 0 Å². The molecule has 0 aromatic heterocycles. The van der Waals surface area contributed by atoms with E-state index in [1.54, 1.807) is 6.07 Å². The third-order valence-corrected chi connectivity index (χ3v) is 5.84. The van der Waals surface area contributed by atoms with Gasteiger partial charge in [-0.1, -0.05) is 28.4 Å². The quantitative estimate of drug-likeness (QED) is 0.449. The van der Waals surface area contributed by atoms with E-state index in [9.17, 15) is 10.1 Å². The van der Waals surface area contributed by atoms with Crippen LogP contribution in [0.15, 0.2) is 18.2 Å². The normalized spacial score (nSPS) is 27.0. The van der Waals surface area contributed by atoms with Crippen LogP contribution in [0.3, 0.4) is 0 Å². The summed E-state index contributed by atoms with van der Waals surface area (Å²) in [6.07, 6.45) is 5.43. The number of nitrogens with zero attached hydrogens (tertiary/aromatic N) is 2. The van der Waals surface area contributed by atoms with Crippen molar-refractivity contribution in [2.75, 3.05) is 18.5 Å². The zero-order valence-corrected chi connectivity index (χ0v) is 13.9. The molecule has 0 amide bonds. The van der Waals surface area contributed by atoms with Crippen LogP contribution < -0.4 is 4.90 Å². The van der Waals surface area contributed by atoms with Crippen molar-refractivity contribution in [2.24, 2.45) is 17.8 Å². The molecule has 3 unspecified atom stereocenters. The molecule has 2 bridgehead atoms. The maximum absolute atomic E-state index is 11.3. The molecule has 0 heterocycles. The minimum atomic E-state index is -0.265. The molecule has 3 atom stereocenters. The van der Waals surface area contributed by atoms with E-state index in [1.807, 2.05) is 19.2 Å². The highest BCUT2D eigenvalue weighted by atomic mass is 79.9. The number of anilines is 1. The van der Waals surface area contributed by atoms with Gasteiger partial charge in [0.15, 0.2) is 0 Å². The van der Waals surface area contributed by atoms with Crippen molar-refractivity contribution in [2.45, 2.75) is 31.0 Å². The van der Waals surface area contributed by atoms with Gasteiger partial charge in [0.1, 0.15) is 5.69 Å². The van der Waals surface area contributed by atoms with Gasteiger partial charge in [0.25, 0.3) is 5.69 Å². The summed E-state index contributed by atoms with van der Waals surface area (Å²) in [6.45, 7) is 0.940. The third kappa shape index (κ3) is 2.93. The third-order valence-electron chi connectivity index (χ3n) is 5.19. The van der Waals surface area contributed by atoms with Crippen molar-refractivity contribution in [3.8, 4) is 0 Å². The summed E-state index contributed by atoms with van der Waals surface area (Å²) in [5, 5.41) is 12.0. The van der Waals surface area contributed by atoms with E-state index >= 15 is 0 Å². The molecule has 0 saturated heterocycles. The van der Waals surface area contributed by atoms with Gasteiger partial charge in [-0.3, -0.25) is 10.1 Å². The summed E-state index contributed by atoms with van der Waals surface area (Å²) in [5.74, 6) is 2.47. The van der Waals surface area contributed by atoms with Crippen LogP contribution in [-0.2, 0) is 5.33 Å². The second-order valence-corrected chi connectivity index (χ2v) is 7.09. The van der Waals surface area contributed by atoms with Crippen LogP contribution in [0.25, 0.3) is 0 Å². The first-order chi connectivity index (χ1) is 10.1. The maximum Gasteiger partial charge on any atom is 0.292 e. The number of nitro groups is 1. The van der Waals surface area contributed by atoms with E-state index in [0.29, 0.717) is 11.2 Å². The van der Waals surface area contributed by atoms with Crippen molar-refractivity contribution < 1.29 is 4.92 Å². The Morgan fingerprint density at radius 1 is 1.38 bits per heavy atom. The minimum absolute atomic E-state index is 0.220. The highest BCUT2D eigenvalue weighted by molar-refractivity contribution is 9.08. The van der Waals surface area contributed by atoms with Crippen molar-refractivity contribution in [3.05, 3.63) is 33.9 Å². The van der Waals surface area contributed by atoms with E-state index in [4.69, 9.17) is 0 Å². The molecule has 2 aliphatic carbocycles. The SMILES string of the molecule is CN(CC1CC2CCC1C2)c1ccc(CBr)cc1[N+](=O)[O-]. The lowest BCUT2D eigenvalue weighted by Crippen LogP contribution is -2.29. The van der Waals surface area contributed by atoms with E-state index in [0.717, 1.165) is 29.6 Å². The lowest BCUT2D eigenvalue weighted by atomic mass is 9.88. The standard InChI is InChI=1S/C16H21BrN2O2/c1-18(10-14-7-11-2-4-13(14)6-11)15-5-3-12(9-17)8-16(15)19(20)21/h3,5,8,11,13-14H,2,4,6-7,9-10H2,1H3. The van der Waals surface area contributed by atoms with Gasteiger partial charge in [0.2, 0.25) is 0 Å². The van der Waals surface area contributed by atoms with Crippen LogP contribution in [0.1, 0.15) is 31.2 Å². The van der Waals surface area contributed by atoms with E-state index in [-0.39, 0.29) is 10.6 Å². The molecule has 4 nitrogen and oxygen atoms in total. The smallest absolute Gasteiger partial charge is 0.292 e. The van der Waals surface area contributed by atoms with Gasteiger partial charge in [0.05, 0.1) is 4.92 Å². The maximum atomic E-state index is 11.3. The first-order valence-electron chi connectivity index (χ1n) is 7.63. The largest absolute Gasteiger partial charge is 0.369 e. The Labute approximate surface area is 133 Å². The van der Waals surface area contributed by atoms with Gasteiger partial charge in [-0.15, -0.1) is 0 Å². The second kappa shape index (κ2) is 5.95. The van der Waals surface area contributed by atoms with Gasteiger partial charge in [-0.25, -0.2) is 0 Å². The van der Waals surface area contributed by atoms with Gasteiger partial charge < -0.3 is 4.90 Å². The molecular weight excluding hydrogens is 332 g/mol. The minimum Gasteiger partial charge on any atom is -0.369 e. The fourth-order valence-electron chi connectivity index (χ4n) is 4.17. The topological polar surface area (TPSA) is 46.4 Å². The van der Waals surface area contributed by atoms with Crippen molar-refractivity contribution in [1.82, 2.24) is 0 Å². The molecule has 21 heavy (non-hydrogen) atoms. The number of halogens is 1. The molecule has 114 valence electrons. The highest BCUT2D eigenvalue weighted by Gasteiger charge is 2.40. The summed E-state index contributed by atoms with van der Waals surface area (Å²) < 4.78 is 0. The molecule has 0 spiro atoms. The number of nitro benzene ring substituents is 1. The number of benzene rings is 1. The van der Waals surface area contributed by atoms with Crippen LogP contribution in [-0.4, -0.2) is 18.5 Å². The Balaban J connectivity index is 1.77. The summed E-state index contributed by atoms with van der Waals surface area (Å²) in [7, 11) is 1.99. The molecule has 0 N–H and O–H groups in total. The van der Waals surface area contributed by atoms with Crippen LogP contribution in [0.2, 0.25) is 0 Å². The van der Waals surface area contributed by atoms with Crippen molar-refractivity contribution >= 4 is 27.3 Å². The molecule has 2 fully saturated rings. The first-order valence-corrected chi connectivity index (χ1v) is 8.75.